The number of para-hydroxylation sites is 1. The predicted octanol–water partition coefficient (Wildman–Crippen LogP) is 4.37. The Bertz CT molecular complexity index is 1390. The standard InChI is InChI=1S/C25H23ClN4O5/c1-4-5-9-19-27-23(31)21(24-29-28-20(35-24)14-15-10-12-16(26)13-11-15)25(32)30(19)22-17(33-2)7-6-8-18(22)34-3/h4,6-8,10-13,31H,1,5,9,14H2,2-3H3. The number of nitrogens with zero attached hydrogens (tertiary/aromatic N) is 4. The Morgan fingerprint density at radius 3 is 2.43 bits per heavy atom. The molecule has 4 aromatic rings. The van der Waals surface area contributed by atoms with E-state index in [0.29, 0.717) is 47.3 Å². The van der Waals surface area contributed by atoms with Gasteiger partial charge in [-0.15, -0.1) is 16.8 Å². The van der Waals surface area contributed by atoms with Crippen molar-refractivity contribution in [2.45, 2.75) is 19.3 Å². The lowest BCUT2D eigenvalue weighted by Gasteiger charge is -2.18. The van der Waals surface area contributed by atoms with Crippen molar-refractivity contribution in [3.8, 4) is 34.5 Å². The van der Waals surface area contributed by atoms with Crippen LogP contribution in [0.4, 0.5) is 0 Å². The van der Waals surface area contributed by atoms with Gasteiger partial charge in [-0.3, -0.25) is 9.36 Å². The number of ether oxygens (including phenoxy) is 2. The van der Waals surface area contributed by atoms with Gasteiger partial charge >= 0.3 is 0 Å². The van der Waals surface area contributed by atoms with E-state index in [0.717, 1.165) is 5.56 Å². The van der Waals surface area contributed by atoms with E-state index < -0.39 is 11.4 Å². The van der Waals surface area contributed by atoms with Crippen LogP contribution in [-0.4, -0.2) is 39.1 Å². The molecule has 9 nitrogen and oxygen atoms in total. The van der Waals surface area contributed by atoms with Gasteiger partial charge in [0.05, 0.1) is 20.6 Å². The van der Waals surface area contributed by atoms with Crippen LogP contribution in [0.25, 0.3) is 17.1 Å². The lowest BCUT2D eigenvalue weighted by Crippen LogP contribution is -2.26. The van der Waals surface area contributed by atoms with Gasteiger partial charge in [-0.05, 0) is 36.2 Å². The molecule has 0 fully saturated rings. The number of benzene rings is 2. The SMILES string of the molecule is C=CCCc1nc(O)c(-c2nnc(Cc3ccc(Cl)cc3)o2)c(=O)n1-c1c(OC)cccc1OC. The molecule has 0 saturated heterocycles. The normalized spacial score (nSPS) is 10.8. The first-order valence-electron chi connectivity index (χ1n) is 10.7. The number of aryl methyl sites for hydroxylation is 1. The molecule has 0 unspecified atom stereocenters. The highest BCUT2D eigenvalue weighted by molar-refractivity contribution is 6.30. The summed E-state index contributed by atoms with van der Waals surface area (Å²) in [6, 6.07) is 12.3. The third-order valence-corrected chi connectivity index (χ3v) is 5.53. The topological polar surface area (TPSA) is 113 Å². The molecule has 0 amide bonds. The molecule has 0 atom stereocenters. The van der Waals surface area contributed by atoms with Crippen LogP contribution in [0.15, 0.2) is 64.3 Å². The number of allylic oxidation sites excluding steroid dienone is 1. The summed E-state index contributed by atoms with van der Waals surface area (Å²) in [5, 5.41) is 19.4. The maximum absolute atomic E-state index is 13.8. The zero-order chi connectivity index (χ0) is 24.9. The first kappa shape index (κ1) is 24.0. The van der Waals surface area contributed by atoms with Gasteiger partial charge in [-0.1, -0.05) is 35.9 Å². The van der Waals surface area contributed by atoms with Gasteiger partial charge < -0.3 is 19.0 Å². The second-order valence-electron chi connectivity index (χ2n) is 7.51. The van der Waals surface area contributed by atoms with E-state index in [1.54, 1.807) is 36.4 Å². The molecule has 0 bridgehead atoms. The van der Waals surface area contributed by atoms with Gasteiger partial charge in [-0.25, -0.2) is 0 Å². The smallest absolute Gasteiger partial charge is 0.275 e. The summed E-state index contributed by atoms with van der Waals surface area (Å²) in [6.45, 7) is 3.73. The predicted molar refractivity (Wildman–Crippen MR) is 131 cm³/mol. The molecule has 0 aliphatic carbocycles. The first-order chi connectivity index (χ1) is 17.0. The number of rotatable bonds is 9. The van der Waals surface area contributed by atoms with Crippen molar-refractivity contribution >= 4 is 11.6 Å². The number of aromatic hydroxyl groups is 1. The number of aromatic nitrogens is 4. The highest BCUT2D eigenvalue weighted by atomic mass is 35.5. The maximum atomic E-state index is 13.8. The number of hydrogen-bond donors (Lipinski definition) is 1. The Hall–Kier alpha value is -4.11. The van der Waals surface area contributed by atoms with Crippen LogP contribution in [0.2, 0.25) is 5.02 Å². The van der Waals surface area contributed by atoms with Crippen LogP contribution in [0.1, 0.15) is 23.7 Å². The van der Waals surface area contributed by atoms with Crippen LogP contribution >= 0.6 is 11.6 Å². The molecular weight excluding hydrogens is 472 g/mol. The van der Waals surface area contributed by atoms with Crippen LogP contribution in [0, 0.1) is 0 Å². The van der Waals surface area contributed by atoms with Crippen LogP contribution in [0.3, 0.4) is 0 Å². The summed E-state index contributed by atoms with van der Waals surface area (Å²) in [7, 11) is 2.98. The second-order valence-corrected chi connectivity index (χ2v) is 7.95. The van der Waals surface area contributed by atoms with Gasteiger partial charge in [0.15, 0.2) is 5.56 Å². The molecule has 0 aliphatic rings. The molecule has 2 aromatic heterocycles. The van der Waals surface area contributed by atoms with E-state index in [1.165, 1.54) is 18.8 Å². The van der Waals surface area contributed by atoms with Crippen molar-refractivity contribution in [2.24, 2.45) is 0 Å². The second kappa shape index (κ2) is 10.4. The van der Waals surface area contributed by atoms with Crippen molar-refractivity contribution in [3.05, 3.63) is 87.8 Å². The number of methoxy groups -OCH3 is 2. The zero-order valence-electron chi connectivity index (χ0n) is 19.2. The van der Waals surface area contributed by atoms with Crippen molar-refractivity contribution in [3.63, 3.8) is 0 Å². The van der Waals surface area contributed by atoms with Gasteiger partial charge in [-0.2, -0.15) is 4.98 Å². The minimum atomic E-state index is -0.610. The number of halogens is 1. The van der Waals surface area contributed by atoms with Crippen molar-refractivity contribution < 1.29 is 19.0 Å². The van der Waals surface area contributed by atoms with E-state index >= 15 is 0 Å². The summed E-state index contributed by atoms with van der Waals surface area (Å²) < 4.78 is 18.1. The van der Waals surface area contributed by atoms with Crippen molar-refractivity contribution in [1.29, 1.82) is 0 Å². The Balaban J connectivity index is 1.86. The third kappa shape index (κ3) is 4.90. The van der Waals surface area contributed by atoms with E-state index in [9.17, 15) is 9.90 Å². The molecule has 180 valence electrons. The van der Waals surface area contributed by atoms with Crippen molar-refractivity contribution in [1.82, 2.24) is 19.7 Å². The van der Waals surface area contributed by atoms with Crippen LogP contribution in [0.5, 0.6) is 17.4 Å². The van der Waals surface area contributed by atoms with Gasteiger partial charge in [0, 0.05) is 11.4 Å². The molecular formula is C25H23ClN4O5. The summed E-state index contributed by atoms with van der Waals surface area (Å²) >= 11 is 5.94. The molecule has 0 saturated carbocycles. The summed E-state index contributed by atoms with van der Waals surface area (Å²) in [4.78, 5) is 18.1. The summed E-state index contributed by atoms with van der Waals surface area (Å²) in [6.07, 6.45) is 2.88. The molecule has 35 heavy (non-hydrogen) atoms. The number of hydrogen-bond acceptors (Lipinski definition) is 8. The minimum absolute atomic E-state index is 0.151. The molecule has 0 radical (unpaired) electrons. The maximum Gasteiger partial charge on any atom is 0.275 e. The Kier molecular flexibility index (Phi) is 7.17. The summed E-state index contributed by atoms with van der Waals surface area (Å²) in [5.41, 5.74) is 0.398. The monoisotopic (exact) mass is 494 g/mol. The lowest BCUT2D eigenvalue weighted by molar-refractivity contribution is 0.388. The fraction of sp³-hybridized carbons (Fsp3) is 0.200. The Morgan fingerprint density at radius 1 is 1.11 bits per heavy atom. The largest absolute Gasteiger partial charge is 0.494 e. The van der Waals surface area contributed by atoms with Gasteiger partial charge in [0.2, 0.25) is 11.8 Å². The minimum Gasteiger partial charge on any atom is -0.494 e. The van der Waals surface area contributed by atoms with Crippen molar-refractivity contribution in [2.75, 3.05) is 14.2 Å². The zero-order valence-corrected chi connectivity index (χ0v) is 20.0. The first-order valence-corrected chi connectivity index (χ1v) is 11.1. The highest BCUT2D eigenvalue weighted by Gasteiger charge is 2.26. The molecule has 0 aliphatic heterocycles. The fourth-order valence-corrected chi connectivity index (χ4v) is 3.75. The van der Waals surface area contributed by atoms with Crippen LogP contribution < -0.4 is 15.0 Å². The van der Waals surface area contributed by atoms with Crippen LogP contribution in [-0.2, 0) is 12.8 Å². The van der Waals surface area contributed by atoms with Gasteiger partial charge in [0.25, 0.3) is 11.4 Å². The Labute approximate surface area is 206 Å². The quantitative estimate of drug-likeness (QED) is 0.341. The molecule has 4 rings (SSSR count). The van der Waals surface area contributed by atoms with Gasteiger partial charge in [0.1, 0.15) is 23.0 Å². The van der Waals surface area contributed by atoms with E-state index in [1.807, 2.05) is 12.1 Å². The lowest BCUT2D eigenvalue weighted by atomic mass is 10.1. The fourth-order valence-electron chi connectivity index (χ4n) is 3.62. The molecule has 2 heterocycles. The highest BCUT2D eigenvalue weighted by Crippen LogP contribution is 2.34. The molecule has 2 aromatic carbocycles. The Morgan fingerprint density at radius 2 is 1.80 bits per heavy atom. The third-order valence-electron chi connectivity index (χ3n) is 5.28. The van der Waals surface area contributed by atoms with E-state index in [-0.39, 0.29) is 17.3 Å². The summed E-state index contributed by atoms with van der Waals surface area (Å²) in [5.74, 6) is 0.665. The molecule has 1 N–H and O–H groups in total. The average Bonchev–Trinajstić information content (AvgIpc) is 3.31. The van der Waals surface area contributed by atoms with E-state index in [4.69, 9.17) is 25.5 Å². The van der Waals surface area contributed by atoms with E-state index in [2.05, 4.69) is 21.8 Å². The molecule has 0 spiro atoms. The molecule has 10 heteroatoms. The average molecular weight is 495 g/mol.